The van der Waals surface area contributed by atoms with E-state index in [0.29, 0.717) is 12.5 Å². The number of rotatable bonds is 5. The number of nitrogens with one attached hydrogen (secondary N) is 2. The van der Waals surface area contributed by atoms with Crippen LogP contribution in [0.25, 0.3) is 10.9 Å². The van der Waals surface area contributed by atoms with Crippen molar-refractivity contribution in [2.24, 2.45) is 0 Å². The van der Waals surface area contributed by atoms with E-state index in [4.69, 9.17) is 0 Å². The van der Waals surface area contributed by atoms with E-state index in [9.17, 15) is 4.79 Å². The molecule has 1 saturated heterocycles. The normalized spacial score (nSPS) is 16.8. The molecule has 1 aliphatic heterocycles. The van der Waals surface area contributed by atoms with Crippen molar-refractivity contribution in [2.45, 2.75) is 45.6 Å². The molecule has 0 saturated carbocycles. The maximum Gasteiger partial charge on any atom is 0.224 e. The molecular weight excluding hydrogens is 286 g/mol. The Bertz CT molecular complexity index is 668. The summed E-state index contributed by atoms with van der Waals surface area (Å²) in [6, 6.07) is 8.53. The number of piperidine rings is 1. The van der Waals surface area contributed by atoms with Crippen molar-refractivity contribution in [2.75, 3.05) is 19.6 Å². The van der Waals surface area contributed by atoms with Gasteiger partial charge in [-0.15, -0.1) is 0 Å². The summed E-state index contributed by atoms with van der Waals surface area (Å²) >= 11 is 0. The van der Waals surface area contributed by atoms with E-state index in [0.717, 1.165) is 48.1 Å². The number of amides is 1. The van der Waals surface area contributed by atoms with Crippen LogP contribution in [0.15, 0.2) is 24.3 Å². The Kier molecular flexibility index (Phi) is 5.01. The first-order valence-electron chi connectivity index (χ1n) is 8.75. The molecule has 1 fully saturated rings. The number of fused-ring (bicyclic) bond motifs is 1. The zero-order valence-corrected chi connectivity index (χ0v) is 14.2. The van der Waals surface area contributed by atoms with E-state index in [1.807, 2.05) is 19.1 Å². The molecule has 2 aromatic rings. The van der Waals surface area contributed by atoms with Gasteiger partial charge in [0, 0.05) is 35.7 Å². The van der Waals surface area contributed by atoms with Gasteiger partial charge < -0.3 is 15.2 Å². The number of aromatic nitrogens is 1. The van der Waals surface area contributed by atoms with E-state index in [1.165, 1.54) is 13.0 Å². The van der Waals surface area contributed by atoms with Crippen molar-refractivity contribution in [3.05, 3.63) is 35.5 Å². The molecule has 4 nitrogen and oxygen atoms in total. The second-order valence-electron chi connectivity index (χ2n) is 6.63. The molecule has 0 atom stereocenters. The van der Waals surface area contributed by atoms with Gasteiger partial charge in [0.15, 0.2) is 0 Å². The van der Waals surface area contributed by atoms with E-state index >= 15 is 0 Å². The molecule has 23 heavy (non-hydrogen) atoms. The van der Waals surface area contributed by atoms with Crippen LogP contribution < -0.4 is 5.32 Å². The van der Waals surface area contributed by atoms with Gasteiger partial charge in [0.25, 0.3) is 0 Å². The number of carbonyl (C=O) groups is 1. The number of likely N-dealkylation sites (tertiary alicyclic amines) is 1. The SMILES string of the molecule is CCCN1CCC(NC(=O)Cc2c(C)[nH]c3ccccc23)CC1. The molecule has 0 unspecified atom stereocenters. The number of aromatic amines is 1. The quantitative estimate of drug-likeness (QED) is 0.891. The first kappa shape index (κ1) is 16.1. The molecule has 1 aliphatic rings. The van der Waals surface area contributed by atoms with Gasteiger partial charge in [0.05, 0.1) is 6.42 Å². The van der Waals surface area contributed by atoms with Crippen LogP contribution in [0.4, 0.5) is 0 Å². The van der Waals surface area contributed by atoms with Crippen molar-refractivity contribution in [1.29, 1.82) is 0 Å². The average Bonchev–Trinajstić information content (AvgIpc) is 2.85. The first-order chi connectivity index (χ1) is 11.2. The van der Waals surface area contributed by atoms with Crippen molar-refractivity contribution in [3.63, 3.8) is 0 Å². The number of hydrogen-bond donors (Lipinski definition) is 2. The van der Waals surface area contributed by atoms with Crippen LogP contribution in [0.3, 0.4) is 0 Å². The van der Waals surface area contributed by atoms with E-state index in [1.54, 1.807) is 0 Å². The van der Waals surface area contributed by atoms with Gasteiger partial charge >= 0.3 is 0 Å². The molecule has 2 N–H and O–H groups in total. The number of para-hydroxylation sites is 1. The van der Waals surface area contributed by atoms with Crippen LogP contribution in [-0.4, -0.2) is 41.5 Å². The minimum atomic E-state index is 0.145. The highest BCUT2D eigenvalue weighted by Crippen LogP contribution is 2.22. The number of carbonyl (C=O) groups excluding carboxylic acids is 1. The Morgan fingerprint density at radius 1 is 1.30 bits per heavy atom. The Morgan fingerprint density at radius 3 is 2.78 bits per heavy atom. The van der Waals surface area contributed by atoms with Gasteiger partial charge in [-0.05, 0) is 44.4 Å². The monoisotopic (exact) mass is 313 g/mol. The third kappa shape index (κ3) is 3.75. The lowest BCUT2D eigenvalue weighted by molar-refractivity contribution is -0.121. The second-order valence-corrected chi connectivity index (χ2v) is 6.63. The number of benzene rings is 1. The molecule has 124 valence electrons. The minimum Gasteiger partial charge on any atom is -0.358 e. The molecule has 0 bridgehead atoms. The van der Waals surface area contributed by atoms with Crippen molar-refractivity contribution < 1.29 is 4.79 Å². The number of nitrogens with zero attached hydrogens (tertiary/aromatic N) is 1. The number of hydrogen-bond acceptors (Lipinski definition) is 2. The van der Waals surface area contributed by atoms with Crippen LogP contribution in [-0.2, 0) is 11.2 Å². The highest BCUT2D eigenvalue weighted by molar-refractivity contribution is 5.90. The lowest BCUT2D eigenvalue weighted by Crippen LogP contribution is -2.45. The second kappa shape index (κ2) is 7.18. The van der Waals surface area contributed by atoms with Crippen molar-refractivity contribution in [3.8, 4) is 0 Å². The first-order valence-corrected chi connectivity index (χ1v) is 8.75. The lowest BCUT2D eigenvalue weighted by atomic mass is 10.0. The standard InChI is InChI=1S/C19H27N3O/c1-3-10-22-11-8-15(9-12-22)21-19(23)13-17-14(2)20-18-7-5-4-6-16(17)18/h4-7,15,20H,3,8-13H2,1-2H3,(H,21,23). The lowest BCUT2D eigenvalue weighted by Gasteiger charge is -2.32. The van der Waals surface area contributed by atoms with E-state index in [2.05, 4.69) is 34.3 Å². The number of H-pyrrole nitrogens is 1. The van der Waals surface area contributed by atoms with Crippen LogP contribution in [0.1, 0.15) is 37.4 Å². The fourth-order valence-corrected chi connectivity index (χ4v) is 3.62. The molecule has 0 spiro atoms. The molecule has 3 rings (SSSR count). The minimum absolute atomic E-state index is 0.145. The van der Waals surface area contributed by atoms with E-state index in [-0.39, 0.29) is 5.91 Å². The predicted octanol–water partition coefficient (Wildman–Crippen LogP) is 3.01. The van der Waals surface area contributed by atoms with Crippen LogP contribution in [0.2, 0.25) is 0 Å². The molecule has 0 aliphatic carbocycles. The molecule has 0 radical (unpaired) electrons. The summed E-state index contributed by atoms with van der Waals surface area (Å²) in [6.07, 6.45) is 3.80. The Labute approximate surface area is 138 Å². The van der Waals surface area contributed by atoms with Gasteiger partial charge in [-0.1, -0.05) is 25.1 Å². The fourth-order valence-electron chi connectivity index (χ4n) is 3.62. The summed E-state index contributed by atoms with van der Waals surface area (Å²) in [4.78, 5) is 18.3. The largest absolute Gasteiger partial charge is 0.358 e. The Morgan fingerprint density at radius 2 is 2.04 bits per heavy atom. The smallest absolute Gasteiger partial charge is 0.224 e. The third-order valence-electron chi connectivity index (χ3n) is 4.86. The maximum absolute atomic E-state index is 12.4. The van der Waals surface area contributed by atoms with E-state index < -0.39 is 0 Å². The summed E-state index contributed by atoms with van der Waals surface area (Å²) in [6.45, 7) is 7.65. The van der Waals surface area contributed by atoms with Crippen LogP contribution >= 0.6 is 0 Å². The summed E-state index contributed by atoms with van der Waals surface area (Å²) in [5.74, 6) is 0.145. The molecule has 2 heterocycles. The highest BCUT2D eigenvalue weighted by atomic mass is 16.1. The van der Waals surface area contributed by atoms with Crippen molar-refractivity contribution >= 4 is 16.8 Å². The van der Waals surface area contributed by atoms with Gasteiger partial charge in [0.1, 0.15) is 0 Å². The summed E-state index contributed by atoms with van der Waals surface area (Å²) < 4.78 is 0. The van der Waals surface area contributed by atoms with Crippen LogP contribution in [0, 0.1) is 6.92 Å². The zero-order chi connectivity index (χ0) is 16.2. The van der Waals surface area contributed by atoms with Gasteiger partial charge in [-0.25, -0.2) is 0 Å². The molecule has 4 heteroatoms. The molecule has 1 aromatic carbocycles. The topological polar surface area (TPSA) is 48.1 Å². The highest BCUT2D eigenvalue weighted by Gasteiger charge is 2.21. The maximum atomic E-state index is 12.4. The van der Waals surface area contributed by atoms with Crippen molar-refractivity contribution in [1.82, 2.24) is 15.2 Å². The fraction of sp³-hybridized carbons (Fsp3) is 0.526. The summed E-state index contributed by atoms with van der Waals surface area (Å²) in [5, 5.41) is 4.40. The number of aryl methyl sites for hydroxylation is 1. The van der Waals surface area contributed by atoms with Gasteiger partial charge in [-0.2, -0.15) is 0 Å². The Balaban J connectivity index is 1.58. The van der Waals surface area contributed by atoms with Gasteiger partial charge in [0.2, 0.25) is 5.91 Å². The summed E-state index contributed by atoms with van der Waals surface area (Å²) in [7, 11) is 0. The molecular formula is C19H27N3O. The van der Waals surface area contributed by atoms with Gasteiger partial charge in [-0.3, -0.25) is 4.79 Å². The van der Waals surface area contributed by atoms with Crippen LogP contribution in [0.5, 0.6) is 0 Å². The average molecular weight is 313 g/mol. The molecule has 1 amide bonds. The zero-order valence-electron chi connectivity index (χ0n) is 14.2. The summed E-state index contributed by atoms with van der Waals surface area (Å²) in [5.41, 5.74) is 3.33. The predicted molar refractivity (Wildman–Crippen MR) is 94.6 cm³/mol. The Hall–Kier alpha value is -1.81. The molecule has 1 aromatic heterocycles. The third-order valence-corrected chi connectivity index (χ3v) is 4.86.